The highest BCUT2D eigenvalue weighted by molar-refractivity contribution is 6.45. The maximum Gasteiger partial charge on any atom is 0.334 e. The topological polar surface area (TPSA) is 74.8 Å². The van der Waals surface area contributed by atoms with Gasteiger partial charge in [-0.1, -0.05) is 51.0 Å². The highest BCUT2D eigenvalue weighted by Gasteiger charge is 2.48. The Morgan fingerprint density at radius 2 is 1.69 bits per heavy atom. The van der Waals surface area contributed by atoms with Crippen molar-refractivity contribution in [3.8, 4) is 0 Å². The van der Waals surface area contributed by atoms with Gasteiger partial charge in [-0.05, 0) is 30.7 Å². The van der Waals surface area contributed by atoms with E-state index in [1.807, 2.05) is 12.1 Å². The van der Waals surface area contributed by atoms with E-state index >= 15 is 0 Å². The van der Waals surface area contributed by atoms with E-state index in [0.717, 1.165) is 47.5 Å². The Morgan fingerprint density at radius 3 is 2.27 bits per heavy atom. The minimum absolute atomic E-state index is 0.214. The number of amides is 4. The van der Waals surface area contributed by atoms with Crippen LogP contribution >= 0.6 is 0 Å². The van der Waals surface area contributed by atoms with Crippen LogP contribution in [0, 0.1) is 0 Å². The lowest BCUT2D eigenvalue weighted by molar-refractivity contribution is -0.143. The fraction of sp³-hybridized carbons (Fsp3) is 0.500. The molecule has 0 aromatic heterocycles. The van der Waals surface area contributed by atoms with Crippen LogP contribution in [0.15, 0.2) is 24.3 Å². The van der Waals surface area contributed by atoms with Gasteiger partial charge in [0.15, 0.2) is 5.78 Å². The molecule has 1 atom stereocenters. The van der Waals surface area contributed by atoms with Crippen molar-refractivity contribution < 1.29 is 19.2 Å². The van der Waals surface area contributed by atoms with Gasteiger partial charge >= 0.3 is 17.8 Å². The van der Waals surface area contributed by atoms with Crippen molar-refractivity contribution in [3.63, 3.8) is 0 Å². The number of nitrogens with zero attached hydrogens (tertiary/aromatic N) is 2. The highest BCUT2D eigenvalue weighted by atomic mass is 16.2. The Balaban J connectivity index is 1.71. The van der Waals surface area contributed by atoms with Gasteiger partial charge in [-0.15, -0.1) is 0 Å². The average molecular weight is 356 g/mol. The standard InChI is InChI=1S/C20H24N2O4/c1-3-13(2)14-8-10-15(11-9-14)17(23)12-21-18(24)19(25)22(20(21)26)16-6-4-5-7-16/h8-11,13,16H,3-7,12H2,1-2H3/t13-/m0/s1. The number of rotatable bonds is 6. The second-order valence-electron chi connectivity index (χ2n) is 7.14. The molecule has 6 heteroatoms. The van der Waals surface area contributed by atoms with Gasteiger partial charge in [-0.2, -0.15) is 0 Å². The van der Waals surface area contributed by atoms with Crippen molar-refractivity contribution in [3.05, 3.63) is 35.4 Å². The van der Waals surface area contributed by atoms with E-state index in [2.05, 4.69) is 13.8 Å². The van der Waals surface area contributed by atoms with Crippen LogP contribution in [0.5, 0.6) is 0 Å². The number of carbonyl (C=O) groups is 4. The molecule has 4 amide bonds. The summed E-state index contributed by atoms with van der Waals surface area (Å²) < 4.78 is 0. The van der Waals surface area contributed by atoms with Crippen molar-refractivity contribution in [2.75, 3.05) is 6.54 Å². The first-order chi connectivity index (χ1) is 12.4. The third-order valence-electron chi connectivity index (χ3n) is 5.49. The molecule has 0 bridgehead atoms. The van der Waals surface area contributed by atoms with Crippen LogP contribution in [0.3, 0.4) is 0 Å². The summed E-state index contributed by atoms with van der Waals surface area (Å²) in [7, 11) is 0. The third-order valence-corrected chi connectivity index (χ3v) is 5.49. The molecule has 0 unspecified atom stereocenters. The molecule has 3 rings (SSSR count). The number of Topliss-reactive ketones (excluding diaryl/α,β-unsaturated/α-hetero) is 1. The molecule has 138 valence electrons. The zero-order valence-corrected chi connectivity index (χ0v) is 15.2. The van der Waals surface area contributed by atoms with E-state index in [1.54, 1.807) is 12.1 Å². The molecule has 0 radical (unpaired) electrons. The number of urea groups is 1. The average Bonchev–Trinajstić information content (AvgIpc) is 3.24. The zero-order valence-electron chi connectivity index (χ0n) is 15.2. The number of imide groups is 2. The quantitative estimate of drug-likeness (QED) is 0.446. The molecule has 2 fully saturated rings. The molecular formula is C20H24N2O4. The fourth-order valence-corrected chi connectivity index (χ4v) is 3.61. The summed E-state index contributed by atoms with van der Waals surface area (Å²) in [6.45, 7) is 3.82. The summed E-state index contributed by atoms with van der Waals surface area (Å²) in [5.74, 6) is -1.64. The molecule has 6 nitrogen and oxygen atoms in total. The van der Waals surface area contributed by atoms with Crippen molar-refractivity contribution in [2.45, 2.75) is 57.9 Å². The predicted molar refractivity (Wildman–Crippen MR) is 95.7 cm³/mol. The third kappa shape index (κ3) is 3.28. The minimum Gasteiger partial charge on any atom is -0.292 e. The first-order valence-electron chi connectivity index (χ1n) is 9.26. The molecule has 1 aromatic carbocycles. The maximum absolute atomic E-state index is 12.5. The molecule has 2 aliphatic rings. The van der Waals surface area contributed by atoms with Gasteiger partial charge in [-0.3, -0.25) is 19.3 Å². The lowest BCUT2D eigenvalue weighted by Crippen LogP contribution is -2.41. The highest BCUT2D eigenvalue weighted by Crippen LogP contribution is 2.28. The first kappa shape index (κ1) is 18.3. The van der Waals surface area contributed by atoms with Gasteiger partial charge < -0.3 is 0 Å². The van der Waals surface area contributed by atoms with E-state index in [-0.39, 0.29) is 11.8 Å². The monoisotopic (exact) mass is 356 g/mol. The number of ketones is 1. The summed E-state index contributed by atoms with van der Waals surface area (Å²) in [6, 6.07) is 6.35. The van der Waals surface area contributed by atoms with Crippen LogP contribution in [0.25, 0.3) is 0 Å². The lowest BCUT2D eigenvalue weighted by atomic mass is 9.97. The molecule has 1 heterocycles. The second kappa shape index (κ2) is 7.40. The Hall–Kier alpha value is -2.50. The van der Waals surface area contributed by atoms with E-state index < -0.39 is 24.4 Å². The Labute approximate surface area is 153 Å². The van der Waals surface area contributed by atoms with E-state index in [9.17, 15) is 19.2 Å². The first-order valence-corrected chi connectivity index (χ1v) is 9.26. The van der Waals surface area contributed by atoms with Gasteiger partial charge in [0.1, 0.15) is 0 Å². The van der Waals surface area contributed by atoms with Gasteiger partial charge in [0, 0.05) is 11.6 Å². The number of hydrogen-bond donors (Lipinski definition) is 0. The number of carbonyl (C=O) groups excluding carboxylic acids is 4. The fourth-order valence-electron chi connectivity index (χ4n) is 3.61. The summed E-state index contributed by atoms with van der Waals surface area (Å²) >= 11 is 0. The van der Waals surface area contributed by atoms with Crippen LogP contribution < -0.4 is 0 Å². The summed E-state index contributed by atoms with van der Waals surface area (Å²) in [5, 5.41) is 0. The van der Waals surface area contributed by atoms with Crippen molar-refractivity contribution >= 4 is 23.6 Å². The van der Waals surface area contributed by atoms with Gasteiger partial charge in [0.2, 0.25) is 0 Å². The van der Waals surface area contributed by atoms with Crippen molar-refractivity contribution in [1.29, 1.82) is 0 Å². The van der Waals surface area contributed by atoms with Crippen LogP contribution in [-0.2, 0) is 9.59 Å². The number of benzene rings is 1. The summed E-state index contributed by atoms with van der Waals surface area (Å²) in [6.07, 6.45) is 4.34. The Kier molecular flexibility index (Phi) is 5.20. The predicted octanol–water partition coefficient (Wildman–Crippen LogP) is 3.12. The smallest absolute Gasteiger partial charge is 0.292 e. The van der Waals surface area contributed by atoms with E-state index in [4.69, 9.17) is 0 Å². The second-order valence-corrected chi connectivity index (χ2v) is 7.14. The molecule has 1 aliphatic carbocycles. The Bertz CT molecular complexity index is 735. The maximum atomic E-state index is 12.5. The molecule has 1 aliphatic heterocycles. The van der Waals surface area contributed by atoms with Crippen LogP contribution in [0.1, 0.15) is 67.8 Å². The molecule has 1 saturated carbocycles. The molecule has 0 N–H and O–H groups in total. The molecule has 26 heavy (non-hydrogen) atoms. The van der Waals surface area contributed by atoms with Gasteiger partial charge in [-0.25, -0.2) is 9.69 Å². The summed E-state index contributed by atoms with van der Waals surface area (Å²) in [4.78, 5) is 51.2. The molecule has 1 saturated heterocycles. The normalized spacial score (nSPS) is 19.5. The van der Waals surface area contributed by atoms with Crippen molar-refractivity contribution in [1.82, 2.24) is 9.80 Å². The van der Waals surface area contributed by atoms with Gasteiger partial charge in [0.05, 0.1) is 6.54 Å². The van der Waals surface area contributed by atoms with E-state index in [0.29, 0.717) is 11.5 Å². The minimum atomic E-state index is -0.897. The lowest BCUT2D eigenvalue weighted by Gasteiger charge is -2.20. The van der Waals surface area contributed by atoms with E-state index in [1.165, 1.54) is 0 Å². The van der Waals surface area contributed by atoms with Crippen LogP contribution in [0.2, 0.25) is 0 Å². The van der Waals surface area contributed by atoms with Crippen LogP contribution in [-0.4, -0.2) is 46.0 Å². The largest absolute Gasteiger partial charge is 0.334 e. The van der Waals surface area contributed by atoms with Crippen molar-refractivity contribution in [2.24, 2.45) is 0 Å². The number of hydrogen-bond acceptors (Lipinski definition) is 4. The Morgan fingerprint density at radius 1 is 1.08 bits per heavy atom. The summed E-state index contributed by atoms with van der Waals surface area (Å²) in [5.41, 5.74) is 1.57. The zero-order chi connectivity index (χ0) is 18.8. The molecule has 0 spiro atoms. The molecule has 1 aromatic rings. The van der Waals surface area contributed by atoms with Crippen LogP contribution in [0.4, 0.5) is 4.79 Å². The SMILES string of the molecule is CC[C@H](C)c1ccc(C(=O)CN2C(=O)C(=O)N(C3CCCC3)C2=O)cc1. The molecular weight excluding hydrogens is 332 g/mol. The van der Waals surface area contributed by atoms with Gasteiger partial charge in [0.25, 0.3) is 0 Å².